The SMILES string of the molecule is CCCCCCCCCCCCC/C=C/C=C/C(=O)OC(COC(=O)CCCCCCCCCCCCCCCCCC)COP(=O)(O)OC1C(OC2OC(CO)C(O)C(O)C2O)C(O)C(O)C(O)C1OC1OC(CO)C(O)C(O)C1O. The number of allylic oxidation sites excluding steroid dienone is 3. The average molecular weight is 1200 g/mol. The Labute approximate surface area is 485 Å². The van der Waals surface area contributed by atoms with Crippen LogP contribution in [0.25, 0.3) is 0 Å². The predicted molar refractivity (Wildman–Crippen MR) is 300 cm³/mol. The third kappa shape index (κ3) is 27.7. The second-order valence-corrected chi connectivity index (χ2v) is 23.7. The summed E-state index contributed by atoms with van der Waals surface area (Å²) in [6.45, 7) is 0.921. The fraction of sp³-hybridized carbons (Fsp3) is 0.897. The van der Waals surface area contributed by atoms with Gasteiger partial charge in [0.1, 0.15) is 92.1 Å². The highest BCUT2D eigenvalue weighted by Gasteiger charge is 2.58. The minimum absolute atomic E-state index is 0.0370. The third-order valence-electron chi connectivity index (χ3n) is 15.4. The lowest BCUT2D eigenvalue weighted by atomic mass is 9.84. The Morgan fingerprint density at radius 3 is 1.29 bits per heavy atom. The summed E-state index contributed by atoms with van der Waals surface area (Å²) in [6, 6.07) is 0. The van der Waals surface area contributed by atoms with Crippen molar-refractivity contribution in [3.05, 3.63) is 24.3 Å². The Bertz CT molecular complexity index is 1720. The van der Waals surface area contributed by atoms with Gasteiger partial charge in [0.05, 0.1) is 19.8 Å². The van der Waals surface area contributed by atoms with E-state index in [0.717, 1.165) is 63.9 Å². The number of phosphoric acid groups is 1. The molecule has 0 radical (unpaired) electrons. The average Bonchev–Trinajstić information content (AvgIpc) is 3.50. The van der Waals surface area contributed by atoms with Gasteiger partial charge in [-0.3, -0.25) is 13.8 Å². The third-order valence-corrected chi connectivity index (χ3v) is 16.4. The smallest absolute Gasteiger partial charge is 0.462 e. The van der Waals surface area contributed by atoms with Gasteiger partial charge in [-0.25, -0.2) is 9.36 Å². The fourth-order valence-corrected chi connectivity index (χ4v) is 11.2. The van der Waals surface area contributed by atoms with Gasteiger partial charge in [0, 0.05) is 12.5 Å². The van der Waals surface area contributed by atoms with Gasteiger partial charge in [-0.1, -0.05) is 193 Å². The molecule has 2 heterocycles. The van der Waals surface area contributed by atoms with Gasteiger partial charge in [0.2, 0.25) is 0 Å². The molecule has 3 aliphatic rings. The van der Waals surface area contributed by atoms with Gasteiger partial charge in [-0.05, 0) is 19.3 Å². The van der Waals surface area contributed by atoms with E-state index in [1.165, 1.54) is 122 Å². The molecule has 0 aromatic rings. The van der Waals surface area contributed by atoms with Crippen molar-refractivity contribution in [2.45, 2.75) is 304 Å². The lowest BCUT2D eigenvalue weighted by Crippen LogP contribution is -2.69. The van der Waals surface area contributed by atoms with Gasteiger partial charge in [0.15, 0.2) is 18.7 Å². The minimum Gasteiger partial charge on any atom is -0.462 e. The molecule has 2 aliphatic heterocycles. The summed E-state index contributed by atoms with van der Waals surface area (Å²) in [6.07, 6.45) is 3.62. The van der Waals surface area contributed by atoms with E-state index in [-0.39, 0.29) is 6.42 Å². The molecule has 0 bridgehead atoms. The summed E-state index contributed by atoms with van der Waals surface area (Å²) in [7, 11) is -5.66. The second kappa shape index (κ2) is 42.7. The van der Waals surface area contributed by atoms with E-state index in [9.17, 15) is 75.2 Å². The molecule has 12 N–H and O–H groups in total. The summed E-state index contributed by atoms with van der Waals surface area (Å²) in [5.74, 6) is -1.58. The van der Waals surface area contributed by atoms with Gasteiger partial charge in [-0.15, -0.1) is 0 Å². The molecule has 16 unspecified atom stereocenters. The van der Waals surface area contributed by atoms with Crippen LogP contribution >= 0.6 is 7.82 Å². The Morgan fingerprint density at radius 2 is 0.878 bits per heavy atom. The number of carbonyl (C=O) groups is 2. The number of rotatable bonds is 45. The minimum atomic E-state index is -5.66. The molecule has 24 heteroatoms. The summed E-state index contributed by atoms with van der Waals surface area (Å²) < 4.78 is 57.9. The van der Waals surface area contributed by atoms with Crippen LogP contribution in [-0.2, 0) is 51.6 Å². The van der Waals surface area contributed by atoms with Crippen molar-refractivity contribution in [3.63, 3.8) is 0 Å². The van der Waals surface area contributed by atoms with Gasteiger partial charge in [-0.2, -0.15) is 0 Å². The largest absolute Gasteiger partial charge is 0.472 e. The molecule has 0 aromatic carbocycles. The van der Waals surface area contributed by atoms with Crippen molar-refractivity contribution in [2.75, 3.05) is 26.4 Å². The number of phosphoric ester groups is 1. The van der Waals surface area contributed by atoms with E-state index in [1.54, 1.807) is 6.08 Å². The molecule has 1 saturated carbocycles. The first-order chi connectivity index (χ1) is 39.4. The number of hydrogen-bond acceptors (Lipinski definition) is 22. The van der Waals surface area contributed by atoms with Crippen molar-refractivity contribution >= 4 is 19.8 Å². The predicted octanol–water partition coefficient (Wildman–Crippen LogP) is 4.88. The molecule has 480 valence electrons. The van der Waals surface area contributed by atoms with Crippen molar-refractivity contribution in [1.82, 2.24) is 0 Å². The molecule has 1 aliphatic carbocycles. The van der Waals surface area contributed by atoms with Crippen molar-refractivity contribution in [2.24, 2.45) is 0 Å². The number of ether oxygens (including phenoxy) is 6. The molecule has 23 nitrogen and oxygen atoms in total. The maximum Gasteiger partial charge on any atom is 0.472 e. The van der Waals surface area contributed by atoms with E-state index in [4.69, 9.17) is 37.5 Å². The van der Waals surface area contributed by atoms with Crippen LogP contribution in [-0.4, -0.2) is 204 Å². The van der Waals surface area contributed by atoms with Gasteiger partial charge < -0.3 is 89.5 Å². The zero-order chi connectivity index (χ0) is 60.3. The van der Waals surface area contributed by atoms with Crippen LogP contribution < -0.4 is 0 Å². The summed E-state index contributed by atoms with van der Waals surface area (Å²) in [5.41, 5.74) is 0. The number of hydrogen-bond donors (Lipinski definition) is 12. The van der Waals surface area contributed by atoms with Crippen LogP contribution in [0.2, 0.25) is 0 Å². The molecule has 2 saturated heterocycles. The van der Waals surface area contributed by atoms with Crippen LogP contribution in [0.1, 0.15) is 200 Å². The van der Waals surface area contributed by atoms with Crippen molar-refractivity contribution < 1.29 is 113 Å². The Balaban J connectivity index is 1.70. The van der Waals surface area contributed by atoms with Gasteiger partial charge >= 0.3 is 19.8 Å². The Kier molecular flexibility index (Phi) is 38.6. The lowest BCUT2D eigenvalue weighted by Gasteiger charge is -2.49. The molecule has 0 amide bonds. The highest BCUT2D eigenvalue weighted by molar-refractivity contribution is 7.47. The number of carbonyl (C=O) groups excluding carboxylic acids is 2. The highest BCUT2D eigenvalue weighted by Crippen LogP contribution is 2.49. The molecule has 0 aromatic heterocycles. The summed E-state index contributed by atoms with van der Waals surface area (Å²) >= 11 is 0. The van der Waals surface area contributed by atoms with Crippen LogP contribution in [0, 0.1) is 0 Å². The van der Waals surface area contributed by atoms with Crippen LogP contribution in [0.15, 0.2) is 24.3 Å². The van der Waals surface area contributed by atoms with E-state index in [0.29, 0.717) is 6.42 Å². The van der Waals surface area contributed by atoms with Crippen LogP contribution in [0.4, 0.5) is 0 Å². The lowest BCUT2D eigenvalue weighted by molar-refractivity contribution is -0.360. The van der Waals surface area contributed by atoms with Crippen molar-refractivity contribution in [1.29, 1.82) is 0 Å². The van der Waals surface area contributed by atoms with E-state index in [2.05, 4.69) is 13.8 Å². The van der Waals surface area contributed by atoms with Gasteiger partial charge in [0.25, 0.3) is 0 Å². The maximum atomic E-state index is 14.0. The normalized spacial score (nSPS) is 30.9. The number of aliphatic hydroxyl groups excluding tert-OH is 11. The number of unbranched alkanes of at least 4 members (excludes halogenated alkanes) is 26. The molecule has 16 atom stereocenters. The topological polar surface area (TPSA) is 368 Å². The molecular formula is C58H105O23P. The first-order valence-electron chi connectivity index (χ1n) is 30.7. The second-order valence-electron chi connectivity index (χ2n) is 22.3. The first kappa shape index (κ1) is 74.2. The molecule has 3 fully saturated rings. The van der Waals surface area contributed by atoms with E-state index in [1.807, 2.05) is 6.08 Å². The van der Waals surface area contributed by atoms with Crippen molar-refractivity contribution in [3.8, 4) is 0 Å². The fourth-order valence-electron chi connectivity index (χ4n) is 10.3. The summed E-state index contributed by atoms with van der Waals surface area (Å²) in [5, 5.41) is 117. The molecule has 3 rings (SSSR count). The maximum absolute atomic E-state index is 14.0. The van der Waals surface area contributed by atoms with Crippen LogP contribution in [0.5, 0.6) is 0 Å². The van der Waals surface area contributed by atoms with E-state index >= 15 is 0 Å². The quantitative estimate of drug-likeness (QED) is 0.0127. The Morgan fingerprint density at radius 1 is 0.488 bits per heavy atom. The first-order valence-corrected chi connectivity index (χ1v) is 32.2. The zero-order valence-electron chi connectivity index (χ0n) is 48.8. The Hall–Kier alpha value is -2.07. The zero-order valence-corrected chi connectivity index (χ0v) is 49.7. The molecular weight excluding hydrogens is 1100 g/mol. The number of aliphatic hydroxyl groups is 11. The highest BCUT2D eigenvalue weighted by atomic mass is 31.2. The summed E-state index contributed by atoms with van der Waals surface area (Å²) in [4.78, 5) is 37.4. The van der Waals surface area contributed by atoms with Crippen LogP contribution in [0.3, 0.4) is 0 Å². The molecule has 82 heavy (non-hydrogen) atoms. The standard InChI is InChI=1S/C58H105O23P/c1-3-5-7-9-11-13-15-17-19-21-22-24-26-28-30-32-34-43(61)74-38-40(76-44(62)35-33-31-29-27-25-23-20-18-16-14-12-10-8-6-4-2)39-75-82(72,73)81-56-54(79-57-52(70)47(65)45(63)41(36-59)77-57)50(68)49(67)51(69)55(56)80-58-53(71)48(66)46(64)42(37-60)78-58/h29,31,33,35,40-42,45-60,63-71H,3-28,30,32,34,36-39H2,1-2H3,(H,72,73)/b31-29+,35-33+. The number of esters is 2. The monoisotopic (exact) mass is 1200 g/mol. The molecule has 0 spiro atoms. The van der Waals surface area contributed by atoms with E-state index < -0.39 is 150 Å².